The van der Waals surface area contributed by atoms with Crippen LogP contribution in [0.2, 0.25) is 0 Å². The van der Waals surface area contributed by atoms with Crippen LogP contribution in [0.1, 0.15) is 31.7 Å². The van der Waals surface area contributed by atoms with Gasteiger partial charge in [-0.15, -0.1) is 0 Å². The van der Waals surface area contributed by atoms with E-state index >= 15 is 0 Å². The summed E-state index contributed by atoms with van der Waals surface area (Å²) < 4.78 is 5.10. The van der Waals surface area contributed by atoms with Gasteiger partial charge in [-0.05, 0) is 37.7 Å². The summed E-state index contributed by atoms with van der Waals surface area (Å²) in [6, 6.07) is 9.53. The molecule has 0 bridgehead atoms. The number of hydrogen-bond donors (Lipinski definition) is 1. The maximum Gasteiger partial charge on any atom is 0.328 e. The zero-order valence-electron chi connectivity index (χ0n) is 11.8. The summed E-state index contributed by atoms with van der Waals surface area (Å²) in [6.07, 6.45) is 2.95. The topological polar surface area (TPSA) is 55.4 Å². The number of esters is 1. The molecule has 1 amide bonds. The number of ether oxygens (including phenoxy) is 1. The monoisotopic (exact) mass is 275 g/mol. The lowest BCUT2D eigenvalue weighted by Crippen LogP contribution is -2.45. The van der Waals surface area contributed by atoms with E-state index in [0.29, 0.717) is 13.0 Å². The molecular formula is C16H21NO3. The first-order chi connectivity index (χ1) is 9.70. The quantitative estimate of drug-likeness (QED) is 0.856. The summed E-state index contributed by atoms with van der Waals surface area (Å²) in [4.78, 5) is 23.7. The number of nitrogens with one attached hydrogen (secondary N) is 1. The maximum atomic E-state index is 12.1. The molecule has 1 aromatic rings. The van der Waals surface area contributed by atoms with E-state index in [-0.39, 0.29) is 17.8 Å². The van der Waals surface area contributed by atoms with E-state index in [4.69, 9.17) is 4.74 Å². The van der Waals surface area contributed by atoms with Gasteiger partial charge in [0.05, 0.1) is 6.61 Å². The van der Waals surface area contributed by atoms with Crippen LogP contribution in [-0.4, -0.2) is 24.5 Å². The number of rotatable bonds is 4. The molecule has 1 N–H and O–H groups in total. The number of carbonyl (C=O) groups is 2. The Kier molecular flexibility index (Phi) is 5.16. The van der Waals surface area contributed by atoms with Crippen LogP contribution in [-0.2, 0) is 20.7 Å². The first kappa shape index (κ1) is 14.6. The molecule has 4 heteroatoms. The summed E-state index contributed by atoms with van der Waals surface area (Å²) in [5.41, 5.74) is 1.18. The van der Waals surface area contributed by atoms with Crippen molar-refractivity contribution in [3.8, 4) is 0 Å². The predicted octanol–water partition coefficient (Wildman–Crippen LogP) is 2.08. The van der Waals surface area contributed by atoms with Gasteiger partial charge in [-0.25, -0.2) is 4.79 Å². The van der Waals surface area contributed by atoms with Crippen molar-refractivity contribution in [3.05, 3.63) is 35.9 Å². The molecule has 0 unspecified atom stereocenters. The molecule has 4 nitrogen and oxygen atoms in total. The Bertz CT molecular complexity index is 458. The maximum absolute atomic E-state index is 12.1. The molecule has 1 fully saturated rings. The zero-order chi connectivity index (χ0) is 14.4. The first-order valence-corrected chi connectivity index (χ1v) is 7.20. The van der Waals surface area contributed by atoms with Crippen molar-refractivity contribution in [2.24, 2.45) is 5.92 Å². The molecule has 1 heterocycles. The minimum atomic E-state index is -0.523. The van der Waals surface area contributed by atoms with Crippen LogP contribution >= 0.6 is 0 Å². The molecule has 0 aliphatic carbocycles. The molecule has 2 atom stereocenters. The van der Waals surface area contributed by atoms with Crippen LogP contribution in [0.15, 0.2) is 30.3 Å². The van der Waals surface area contributed by atoms with Gasteiger partial charge in [0.1, 0.15) is 6.04 Å². The number of amides is 1. The normalized spacial score (nSPS) is 22.8. The Balaban J connectivity index is 2.12. The molecule has 0 saturated carbocycles. The summed E-state index contributed by atoms with van der Waals surface area (Å²) in [7, 11) is 0. The van der Waals surface area contributed by atoms with E-state index in [9.17, 15) is 9.59 Å². The van der Waals surface area contributed by atoms with Crippen molar-refractivity contribution >= 4 is 11.9 Å². The average molecular weight is 275 g/mol. The Morgan fingerprint density at radius 1 is 1.35 bits per heavy atom. The Morgan fingerprint density at radius 2 is 2.10 bits per heavy atom. The lowest BCUT2D eigenvalue weighted by molar-refractivity contribution is -0.148. The van der Waals surface area contributed by atoms with Crippen LogP contribution in [0.4, 0.5) is 0 Å². The van der Waals surface area contributed by atoms with Crippen LogP contribution in [0, 0.1) is 5.92 Å². The highest BCUT2D eigenvalue weighted by atomic mass is 16.5. The van der Waals surface area contributed by atoms with Gasteiger partial charge in [-0.1, -0.05) is 30.3 Å². The third kappa shape index (κ3) is 3.83. The standard InChI is InChI=1S/C16H21NO3/c1-2-20-16(19)15-13(9-6-10-14(18)17-15)11-12-7-4-3-5-8-12/h3-5,7-8,13,15H,2,6,9-11H2,1H3,(H,17,18)/t13-,15-/m0/s1. The SMILES string of the molecule is CCOC(=O)[C@H]1NC(=O)CCC[C@H]1Cc1ccccc1. The van der Waals surface area contributed by atoms with Gasteiger partial charge < -0.3 is 10.1 Å². The van der Waals surface area contributed by atoms with Gasteiger partial charge in [-0.3, -0.25) is 4.79 Å². The molecule has 0 radical (unpaired) electrons. The highest BCUT2D eigenvalue weighted by molar-refractivity contribution is 5.85. The van der Waals surface area contributed by atoms with E-state index in [1.54, 1.807) is 6.92 Å². The third-order valence-electron chi connectivity index (χ3n) is 3.65. The second-order valence-electron chi connectivity index (χ2n) is 5.14. The second-order valence-corrected chi connectivity index (χ2v) is 5.14. The summed E-state index contributed by atoms with van der Waals surface area (Å²) >= 11 is 0. The van der Waals surface area contributed by atoms with Crippen LogP contribution in [0.25, 0.3) is 0 Å². The van der Waals surface area contributed by atoms with Crippen molar-refractivity contribution in [2.45, 2.75) is 38.6 Å². The molecule has 0 aromatic heterocycles. The van der Waals surface area contributed by atoms with Crippen molar-refractivity contribution in [3.63, 3.8) is 0 Å². The minimum Gasteiger partial charge on any atom is -0.464 e. The van der Waals surface area contributed by atoms with E-state index < -0.39 is 6.04 Å². The van der Waals surface area contributed by atoms with Gasteiger partial charge in [0.25, 0.3) is 0 Å². The van der Waals surface area contributed by atoms with Crippen LogP contribution in [0.3, 0.4) is 0 Å². The minimum absolute atomic E-state index is 0.0568. The molecule has 108 valence electrons. The molecule has 1 aromatic carbocycles. The van der Waals surface area contributed by atoms with Gasteiger partial charge in [0.15, 0.2) is 0 Å². The predicted molar refractivity (Wildman–Crippen MR) is 76.1 cm³/mol. The van der Waals surface area contributed by atoms with Gasteiger partial charge in [0.2, 0.25) is 5.91 Å². The fourth-order valence-corrected chi connectivity index (χ4v) is 2.68. The molecule has 0 spiro atoms. The van der Waals surface area contributed by atoms with Gasteiger partial charge in [-0.2, -0.15) is 0 Å². The Labute approximate surface area is 119 Å². The Morgan fingerprint density at radius 3 is 2.80 bits per heavy atom. The molecule has 1 saturated heterocycles. The molecular weight excluding hydrogens is 254 g/mol. The summed E-state index contributed by atoms with van der Waals surface area (Å²) in [5.74, 6) is -0.273. The zero-order valence-corrected chi connectivity index (χ0v) is 11.8. The van der Waals surface area contributed by atoms with Crippen molar-refractivity contribution in [1.29, 1.82) is 0 Å². The highest BCUT2D eigenvalue weighted by Gasteiger charge is 2.33. The molecule has 20 heavy (non-hydrogen) atoms. The third-order valence-corrected chi connectivity index (χ3v) is 3.65. The average Bonchev–Trinajstić information content (AvgIpc) is 2.62. The fourth-order valence-electron chi connectivity index (χ4n) is 2.68. The van der Waals surface area contributed by atoms with Crippen molar-refractivity contribution in [1.82, 2.24) is 5.32 Å². The highest BCUT2D eigenvalue weighted by Crippen LogP contribution is 2.23. The van der Waals surface area contributed by atoms with Crippen molar-refractivity contribution < 1.29 is 14.3 Å². The number of carbonyl (C=O) groups excluding carboxylic acids is 2. The molecule has 1 aliphatic heterocycles. The van der Waals surface area contributed by atoms with Crippen LogP contribution in [0.5, 0.6) is 0 Å². The first-order valence-electron chi connectivity index (χ1n) is 7.20. The molecule has 2 rings (SSSR count). The number of hydrogen-bond acceptors (Lipinski definition) is 3. The smallest absolute Gasteiger partial charge is 0.328 e. The largest absolute Gasteiger partial charge is 0.464 e. The van der Waals surface area contributed by atoms with Gasteiger partial charge in [0, 0.05) is 6.42 Å². The van der Waals surface area contributed by atoms with E-state index in [0.717, 1.165) is 19.3 Å². The number of benzene rings is 1. The van der Waals surface area contributed by atoms with E-state index in [1.807, 2.05) is 18.2 Å². The van der Waals surface area contributed by atoms with E-state index in [2.05, 4.69) is 17.4 Å². The van der Waals surface area contributed by atoms with E-state index in [1.165, 1.54) is 5.56 Å². The van der Waals surface area contributed by atoms with Crippen LogP contribution < -0.4 is 5.32 Å². The second kappa shape index (κ2) is 7.08. The Hall–Kier alpha value is -1.84. The summed E-state index contributed by atoms with van der Waals surface area (Å²) in [5, 5.41) is 2.82. The molecule has 1 aliphatic rings. The van der Waals surface area contributed by atoms with Gasteiger partial charge >= 0.3 is 5.97 Å². The fraction of sp³-hybridized carbons (Fsp3) is 0.500. The summed E-state index contributed by atoms with van der Waals surface area (Å²) in [6.45, 7) is 2.12. The lowest BCUT2D eigenvalue weighted by atomic mass is 9.89. The lowest BCUT2D eigenvalue weighted by Gasteiger charge is -2.24. The van der Waals surface area contributed by atoms with Crippen molar-refractivity contribution in [2.75, 3.05) is 6.61 Å².